The standard InChI is InChI=1S/C27H26N4O3/c32-27(28-21-9-10-23-24(16-21)34-18-33-23)20-11-14-30(15-12-20)17-22-26(19-6-2-1-3-7-19)29-25-8-4-5-13-31(22)25/h1-10,13,16,20H,11-12,14-15,17-18H2,(H,28,32). The maximum Gasteiger partial charge on any atom is 0.231 e. The topological polar surface area (TPSA) is 68.1 Å². The van der Waals surface area contributed by atoms with E-state index in [1.54, 1.807) is 0 Å². The second kappa shape index (κ2) is 8.83. The number of ether oxygens (including phenoxy) is 2. The van der Waals surface area contributed by atoms with Gasteiger partial charge in [0, 0.05) is 36.0 Å². The second-order valence-corrected chi connectivity index (χ2v) is 8.81. The van der Waals surface area contributed by atoms with Gasteiger partial charge in [0.2, 0.25) is 12.7 Å². The van der Waals surface area contributed by atoms with Crippen molar-refractivity contribution >= 4 is 17.2 Å². The van der Waals surface area contributed by atoms with E-state index < -0.39 is 0 Å². The van der Waals surface area contributed by atoms with E-state index >= 15 is 0 Å². The van der Waals surface area contributed by atoms with Gasteiger partial charge in [-0.25, -0.2) is 4.98 Å². The Balaban J connectivity index is 1.14. The Kier molecular flexibility index (Phi) is 5.39. The summed E-state index contributed by atoms with van der Waals surface area (Å²) in [5.41, 5.74) is 5.03. The Morgan fingerprint density at radius 3 is 2.62 bits per heavy atom. The number of pyridine rings is 1. The molecule has 0 saturated carbocycles. The number of hydrogen-bond donors (Lipinski definition) is 1. The Morgan fingerprint density at radius 2 is 1.76 bits per heavy atom. The van der Waals surface area contributed by atoms with Crippen LogP contribution in [0, 0.1) is 5.92 Å². The summed E-state index contributed by atoms with van der Waals surface area (Å²) in [7, 11) is 0. The molecule has 7 heteroatoms. The zero-order chi connectivity index (χ0) is 22.9. The lowest BCUT2D eigenvalue weighted by molar-refractivity contribution is -0.121. The van der Waals surface area contributed by atoms with Crippen LogP contribution in [0.5, 0.6) is 11.5 Å². The van der Waals surface area contributed by atoms with Gasteiger partial charge in [0.15, 0.2) is 11.5 Å². The summed E-state index contributed by atoms with van der Waals surface area (Å²) < 4.78 is 12.9. The van der Waals surface area contributed by atoms with Gasteiger partial charge in [-0.2, -0.15) is 0 Å². The highest BCUT2D eigenvalue weighted by Gasteiger charge is 2.27. The molecule has 1 saturated heterocycles. The van der Waals surface area contributed by atoms with Gasteiger partial charge >= 0.3 is 0 Å². The van der Waals surface area contributed by atoms with Crippen molar-refractivity contribution in [2.75, 3.05) is 25.2 Å². The number of carbonyl (C=O) groups excluding carboxylic acids is 1. The molecule has 1 fully saturated rings. The first kappa shape index (κ1) is 20.7. The Hall–Kier alpha value is -3.84. The van der Waals surface area contributed by atoms with Crippen molar-refractivity contribution in [1.82, 2.24) is 14.3 Å². The van der Waals surface area contributed by atoms with Gasteiger partial charge in [0.1, 0.15) is 5.65 Å². The molecule has 6 rings (SSSR count). The summed E-state index contributed by atoms with van der Waals surface area (Å²) in [6.45, 7) is 2.76. The largest absolute Gasteiger partial charge is 0.454 e. The average molecular weight is 455 g/mol. The van der Waals surface area contributed by atoms with Crippen LogP contribution in [0.1, 0.15) is 18.5 Å². The van der Waals surface area contributed by atoms with Crippen LogP contribution in [0.2, 0.25) is 0 Å². The molecular weight excluding hydrogens is 428 g/mol. The van der Waals surface area contributed by atoms with Crippen LogP contribution >= 0.6 is 0 Å². The summed E-state index contributed by atoms with van der Waals surface area (Å²) in [4.78, 5) is 20.2. The van der Waals surface area contributed by atoms with Gasteiger partial charge in [0.25, 0.3) is 0 Å². The Bertz CT molecular complexity index is 1330. The van der Waals surface area contributed by atoms with Crippen molar-refractivity contribution < 1.29 is 14.3 Å². The predicted octanol–water partition coefficient (Wildman–Crippen LogP) is 4.58. The van der Waals surface area contributed by atoms with Crippen LogP contribution in [-0.4, -0.2) is 40.1 Å². The van der Waals surface area contributed by atoms with Crippen LogP contribution in [0.25, 0.3) is 16.9 Å². The van der Waals surface area contributed by atoms with Gasteiger partial charge in [-0.15, -0.1) is 0 Å². The highest BCUT2D eigenvalue weighted by molar-refractivity contribution is 5.93. The van der Waals surface area contributed by atoms with E-state index in [9.17, 15) is 4.79 Å². The van der Waals surface area contributed by atoms with E-state index in [1.807, 2.05) is 54.6 Å². The minimum atomic E-state index is -0.00236. The third-order valence-corrected chi connectivity index (χ3v) is 6.65. The van der Waals surface area contributed by atoms with Crippen LogP contribution < -0.4 is 14.8 Å². The lowest BCUT2D eigenvalue weighted by Crippen LogP contribution is -2.38. The molecule has 34 heavy (non-hydrogen) atoms. The minimum absolute atomic E-state index is 0.00236. The monoisotopic (exact) mass is 454 g/mol. The molecule has 0 atom stereocenters. The SMILES string of the molecule is O=C(Nc1ccc2c(c1)OCO2)C1CCN(Cc2c(-c3ccccc3)nc3ccccn23)CC1. The number of aromatic nitrogens is 2. The molecule has 1 N–H and O–H groups in total. The number of amides is 1. The maximum atomic E-state index is 12.9. The van der Waals surface area contributed by atoms with E-state index in [-0.39, 0.29) is 18.6 Å². The zero-order valence-electron chi connectivity index (χ0n) is 18.8. The molecule has 172 valence electrons. The van der Waals surface area contributed by atoms with Crippen molar-refractivity contribution in [1.29, 1.82) is 0 Å². The number of anilines is 1. The molecule has 2 aromatic heterocycles. The van der Waals surface area contributed by atoms with Gasteiger partial charge in [-0.3, -0.25) is 9.69 Å². The van der Waals surface area contributed by atoms with Gasteiger partial charge in [-0.1, -0.05) is 36.4 Å². The number of likely N-dealkylation sites (tertiary alicyclic amines) is 1. The molecule has 0 unspecified atom stereocenters. The van der Waals surface area contributed by atoms with Crippen LogP contribution in [0.4, 0.5) is 5.69 Å². The molecule has 4 aromatic rings. The number of hydrogen-bond acceptors (Lipinski definition) is 5. The third kappa shape index (κ3) is 3.99. The Labute approximate surface area is 197 Å². The third-order valence-electron chi connectivity index (χ3n) is 6.65. The number of nitrogens with zero attached hydrogens (tertiary/aromatic N) is 3. The first-order valence-electron chi connectivity index (χ1n) is 11.7. The van der Waals surface area contributed by atoms with Gasteiger partial charge < -0.3 is 19.2 Å². The smallest absolute Gasteiger partial charge is 0.231 e. The van der Waals surface area contributed by atoms with Crippen molar-refractivity contribution in [3.63, 3.8) is 0 Å². The number of nitrogens with one attached hydrogen (secondary N) is 1. The summed E-state index contributed by atoms with van der Waals surface area (Å²) in [5, 5.41) is 3.05. The van der Waals surface area contributed by atoms with Crippen molar-refractivity contribution in [2.24, 2.45) is 5.92 Å². The fourth-order valence-electron chi connectivity index (χ4n) is 4.81. The average Bonchev–Trinajstić information content (AvgIpc) is 3.49. The molecule has 2 aliphatic heterocycles. The number of imidazole rings is 1. The molecular formula is C27H26N4O3. The quantitative estimate of drug-likeness (QED) is 0.478. The molecule has 7 nitrogen and oxygen atoms in total. The van der Waals surface area contributed by atoms with E-state index in [1.165, 1.54) is 5.69 Å². The summed E-state index contributed by atoms with van der Waals surface area (Å²) in [6, 6.07) is 22.0. The van der Waals surface area contributed by atoms with E-state index in [0.717, 1.165) is 55.1 Å². The van der Waals surface area contributed by atoms with E-state index in [2.05, 4.69) is 32.9 Å². The number of piperidine rings is 1. The number of benzene rings is 2. The lowest BCUT2D eigenvalue weighted by atomic mass is 9.95. The normalized spacial score (nSPS) is 16.1. The van der Waals surface area contributed by atoms with Gasteiger partial charge in [-0.05, 0) is 50.2 Å². The molecule has 0 spiro atoms. The maximum absolute atomic E-state index is 12.9. The first-order chi connectivity index (χ1) is 16.7. The summed E-state index contributed by atoms with van der Waals surface area (Å²) >= 11 is 0. The second-order valence-electron chi connectivity index (χ2n) is 8.81. The van der Waals surface area contributed by atoms with Crippen LogP contribution in [0.3, 0.4) is 0 Å². The van der Waals surface area contributed by atoms with Crippen molar-refractivity contribution in [3.05, 3.63) is 78.6 Å². The predicted molar refractivity (Wildman–Crippen MR) is 130 cm³/mol. The molecule has 4 heterocycles. The first-order valence-corrected chi connectivity index (χ1v) is 11.7. The molecule has 0 bridgehead atoms. The van der Waals surface area contributed by atoms with Crippen LogP contribution in [-0.2, 0) is 11.3 Å². The van der Waals surface area contributed by atoms with Crippen LogP contribution in [0.15, 0.2) is 72.9 Å². The minimum Gasteiger partial charge on any atom is -0.454 e. The Morgan fingerprint density at radius 1 is 0.971 bits per heavy atom. The number of carbonyl (C=O) groups is 1. The number of fused-ring (bicyclic) bond motifs is 2. The molecule has 2 aliphatic rings. The highest BCUT2D eigenvalue weighted by Crippen LogP contribution is 2.34. The summed E-state index contributed by atoms with van der Waals surface area (Å²) in [6.07, 6.45) is 3.73. The summed E-state index contributed by atoms with van der Waals surface area (Å²) in [5.74, 6) is 1.46. The van der Waals surface area contributed by atoms with E-state index in [4.69, 9.17) is 14.5 Å². The van der Waals surface area contributed by atoms with Gasteiger partial charge in [0.05, 0.1) is 11.4 Å². The molecule has 1 amide bonds. The van der Waals surface area contributed by atoms with Crippen molar-refractivity contribution in [2.45, 2.75) is 19.4 Å². The van der Waals surface area contributed by atoms with E-state index in [0.29, 0.717) is 11.5 Å². The molecule has 0 radical (unpaired) electrons. The lowest BCUT2D eigenvalue weighted by Gasteiger charge is -2.31. The highest BCUT2D eigenvalue weighted by atomic mass is 16.7. The molecule has 0 aliphatic carbocycles. The fourth-order valence-corrected chi connectivity index (χ4v) is 4.81. The molecule has 2 aromatic carbocycles. The zero-order valence-corrected chi connectivity index (χ0v) is 18.8. The number of rotatable bonds is 5. The fraction of sp³-hybridized carbons (Fsp3) is 0.259. The van der Waals surface area contributed by atoms with Crippen molar-refractivity contribution in [3.8, 4) is 22.8 Å².